The second-order valence-electron chi connectivity index (χ2n) is 6.58. The molecule has 136 valence electrons. The lowest BCUT2D eigenvalue weighted by Gasteiger charge is -2.21. The number of amides is 1. The average Bonchev–Trinajstić information content (AvgIpc) is 3.20. The van der Waals surface area contributed by atoms with Crippen molar-refractivity contribution < 1.29 is 9.53 Å². The molecular weight excluding hydrogens is 322 g/mol. The molecule has 2 aromatic rings. The minimum Gasteiger partial charge on any atom is -0.467 e. The predicted molar refractivity (Wildman–Crippen MR) is 91.8 cm³/mol. The van der Waals surface area contributed by atoms with E-state index in [1.54, 1.807) is 24.1 Å². The van der Waals surface area contributed by atoms with Gasteiger partial charge in [0.05, 0.1) is 0 Å². The van der Waals surface area contributed by atoms with Gasteiger partial charge >= 0.3 is 0 Å². The zero-order chi connectivity index (χ0) is 17.8. The Kier molecular flexibility index (Phi) is 5.44. The lowest BCUT2D eigenvalue weighted by molar-refractivity contribution is -0.132. The SMILES string of the molecule is CC1NNC(C)C1CCCN(C)C(=O)COc1ccc2nncn2n1. The van der Waals surface area contributed by atoms with Crippen LogP contribution < -0.4 is 15.6 Å². The first-order valence-electron chi connectivity index (χ1n) is 8.59. The first-order valence-corrected chi connectivity index (χ1v) is 8.59. The van der Waals surface area contributed by atoms with Crippen LogP contribution in [0.4, 0.5) is 0 Å². The van der Waals surface area contributed by atoms with Gasteiger partial charge in [-0.25, -0.2) is 0 Å². The Hall–Kier alpha value is -2.26. The molecule has 1 fully saturated rings. The highest BCUT2D eigenvalue weighted by atomic mass is 16.5. The van der Waals surface area contributed by atoms with Crippen LogP contribution in [0.5, 0.6) is 5.88 Å². The van der Waals surface area contributed by atoms with Gasteiger partial charge in [0.15, 0.2) is 12.3 Å². The van der Waals surface area contributed by atoms with Gasteiger partial charge < -0.3 is 9.64 Å². The Morgan fingerprint density at radius 2 is 2.08 bits per heavy atom. The quantitative estimate of drug-likeness (QED) is 0.741. The number of hydrogen-bond acceptors (Lipinski definition) is 7. The Bertz CT molecular complexity index is 709. The number of fused-ring (bicyclic) bond motifs is 1. The molecule has 1 aliphatic heterocycles. The number of nitrogens with zero attached hydrogens (tertiary/aromatic N) is 5. The van der Waals surface area contributed by atoms with Gasteiger partial charge in [0.2, 0.25) is 5.88 Å². The molecule has 2 N–H and O–H groups in total. The van der Waals surface area contributed by atoms with Crippen LogP contribution in [0.2, 0.25) is 0 Å². The van der Waals surface area contributed by atoms with Crippen LogP contribution in [0, 0.1) is 5.92 Å². The summed E-state index contributed by atoms with van der Waals surface area (Å²) < 4.78 is 6.99. The number of carbonyl (C=O) groups is 1. The van der Waals surface area contributed by atoms with Crippen LogP contribution in [0.3, 0.4) is 0 Å². The molecule has 3 heterocycles. The fourth-order valence-corrected chi connectivity index (χ4v) is 3.13. The maximum atomic E-state index is 12.2. The molecule has 0 saturated carbocycles. The lowest BCUT2D eigenvalue weighted by Crippen LogP contribution is -2.33. The van der Waals surface area contributed by atoms with Gasteiger partial charge in [0.25, 0.3) is 5.91 Å². The van der Waals surface area contributed by atoms with Crippen molar-refractivity contribution in [2.75, 3.05) is 20.2 Å². The van der Waals surface area contributed by atoms with Gasteiger partial charge in [-0.1, -0.05) is 0 Å². The standard InChI is InChI=1S/C16H25N7O2/c1-11-13(12(2)19-18-11)5-4-8-22(3)16(24)9-25-15-7-6-14-20-17-10-23(14)21-15/h6-7,10-13,18-19H,4-5,8-9H2,1-3H3. The third-order valence-electron chi connectivity index (χ3n) is 4.76. The van der Waals surface area contributed by atoms with E-state index in [-0.39, 0.29) is 12.5 Å². The summed E-state index contributed by atoms with van der Waals surface area (Å²) in [5, 5.41) is 11.8. The summed E-state index contributed by atoms with van der Waals surface area (Å²) >= 11 is 0. The van der Waals surface area contributed by atoms with E-state index in [4.69, 9.17) is 4.74 Å². The van der Waals surface area contributed by atoms with E-state index in [2.05, 4.69) is 40.0 Å². The number of likely N-dealkylation sites (N-methyl/N-ethyl adjacent to an activating group) is 1. The van der Waals surface area contributed by atoms with E-state index < -0.39 is 0 Å². The Morgan fingerprint density at radius 3 is 2.84 bits per heavy atom. The van der Waals surface area contributed by atoms with Crippen LogP contribution in [-0.2, 0) is 4.79 Å². The number of hydrazine groups is 1. The van der Waals surface area contributed by atoms with Crippen molar-refractivity contribution in [3.05, 3.63) is 18.5 Å². The monoisotopic (exact) mass is 347 g/mol. The number of carbonyl (C=O) groups excluding carboxylic acids is 1. The fraction of sp³-hybridized carbons (Fsp3) is 0.625. The number of rotatable bonds is 7. The molecule has 1 amide bonds. The van der Waals surface area contributed by atoms with Gasteiger partial charge in [-0.15, -0.1) is 15.3 Å². The van der Waals surface area contributed by atoms with E-state index >= 15 is 0 Å². The Labute approximate surface area is 146 Å². The zero-order valence-corrected chi connectivity index (χ0v) is 14.8. The Balaban J connectivity index is 1.41. The van der Waals surface area contributed by atoms with E-state index in [1.165, 1.54) is 10.8 Å². The highest BCUT2D eigenvalue weighted by molar-refractivity contribution is 5.77. The lowest BCUT2D eigenvalue weighted by atomic mass is 9.91. The third kappa shape index (κ3) is 4.23. The minimum atomic E-state index is -0.0607. The summed E-state index contributed by atoms with van der Waals surface area (Å²) in [6, 6.07) is 4.34. The molecule has 0 spiro atoms. The molecule has 3 rings (SSSR count). The van der Waals surface area contributed by atoms with Crippen molar-refractivity contribution in [3.8, 4) is 5.88 Å². The van der Waals surface area contributed by atoms with Crippen molar-refractivity contribution in [2.24, 2.45) is 5.92 Å². The number of aromatic nitrogens is 4. The topological polar surface area (TPSA) is 96.7 Å². The van der Waals surface area contributed by atoms with Crippen molar-refractivity contribution in [1.82, 2.24) is 35.6 Å². The molecule has 2 unspecified atom stereocenters. The summed E-state index contributed by atoms with van der Waals surface area (Å²) in [6.07, 6.45) is 3.54. The summed E-state index contributed by atoms with van der Waals surface area (Å²) in [7, 11) is 1.81. The minimum absolute atomic E-state index is 0.0313. The maximum absolute atomic E-state index is 12.2. The molecule has 0 aromatic carbocycles. The molecule has 2 aromatic heterocycles. The summed E-state index contributed by atoms with van der Waals surface area (Å²) in [5.74, 6) is 0.897. The van der Waals surface area contributed by atoms with Crippen molar-refractivity contribution in [1.29, 1.82) is 0 Å². The molecule has 0 aliphatic carbocycles. The van der Waals surface area contributed by atoms with Gasteiger partial charge in [-0.3, -0.25) is 15.6 Å². The predicted octanol–water partition coefficient (Wildman–Crippen LogP) is 0.243. The fourth-order valence-electron chi connectivity index (χ4n) is 3.13. The molecule has 9 heteroatoms. The summed E-state index contributed by atoms with van der Waals surface area (Å²) in [5.41, 5.74) is 7.16. The normalized spacial score (nSPS) is 23.1. The molecule has 0 bridgehead atoms. The van der Waals surface area contributed by atoms with E-state index in [1.807, 2.05) is 0 Å². The van der Waals surface area contributed by atoms with E-state index in [0.717, 1.165) is 19.4 Å². The second-order valence-corrected chi connectivity index (χ2v) is 6.58. The highest BCUT2D eigenvalue weighted by Crippen LogP contribution is 2.20. The molecular formula is C16H25N7O2. The van der Waals surface area contributed by atoms with Gasteiger partial charge in [-0.05, 0) is 38.7 Å². The first-order chi connectivity index (χ1) is 12.0. The van der Waals surface area contributed by atoms with Crippen LogP contribution in [0.15, 0.2) is 18.5 Å². The van der Waals surface area contributed by atoms with Crippen LogP contribution in [0.1, 0.15) is 26.7 Å². The smallest absolute Gasteiger partial charge is 0.260 e. The van der Waals surface area contributed by atoms with Crippen LogP contribution >= 0.6 is 0 Å². The highest BCUT2D eigenvalue weighted by Gasteiger charge is 2.29. The first kappa shape index (κ1) is 17.6. The summed E-state index contributed by atoms with van der Waals surface area (Å²) in [4.78, 5) is 13.9. The van der Waals surface area contributed by atoms with Crippen molar-refractivity contribution in [2.45, 2.75) is 38.8 Å². The maximum Gasteiger partial charge on any atom is 0.260 e. The molecule has 0 radical (unpaired) electrons. The second kappa shape index (κ2) is 7.75. The van der Waals surface area contributed by atoms with Gasteiger partial charge in [0.1, 0.15) is 6.33 Å². The van der Waals surface area contributed by atoms with Gasteiger partial charge in [0, 0.05) is 31.7 Å². The molecule has 1 saturated heterocycles. The largest absolute Gasteiger partial charge is 0.467 e. The van der Waals surface area contributed by atoms with Crippen molar-refractivity contribution >= 4 is 11.6 Å². The number of hydrogen-bond donors (Lipinski definition) is 2. The summed E-state index contributed by atoms with van der Waals surface area (Å²) in [6.45, 7) is 5.06. The van der Waals surface area contributed by atoms with Crippen LogP contribution in [-0.4, -0.2) is 62.9 Å². The molecule has 1 aliphatic rings. The average molecular weight is 347 g/mol. The molecule has 2 atom stereocenters. The number of ether oxygens (including phenoxy) is 1. The number of nitrogens with one attached hydrogen (secondary N) is 2. The van der Waals surface area contributed by atoms with E-state index in [0.29, 0.717) is 29.5 Å². The Morgan fingerprint density at radius 1 is 1.32 bits per heavy atom. The zero-order valence-electron chi connectivity index (χ0n) is 14.8. The van der Waals surface area contributed by atoms with Gasteiger partial charge in [-0.2, -0.15) is 4.52 Å². The van der Waals surface area contributed by atoms with Crippen LogP contribution in [0.25, 0.3) is 5.65 Å². The van der Waals surface area contributed by atoms with Crippen molar-refractivity contribution in [3.63, 3.8) is 0 Å². The van der Waals surface area contributed by atoms with E-state index in [9.17, 15) is 4.79 Å². The third-order valence-corrected chi connectivity index (χ3v) is 4.76. The molecule has 9 nitrogen and oxygen atoms in total. The molecule has 25 heavy (non-hydrogen) atoms.